The Labute approximate surface area is 146 Å². The Hall–Kier alpha value is -2.40. The minimum absolute atomic E-state index is 0.00572. The summed E-state index contributed by atoms with van der Waals surface area (Å²) in [6.45, 7) is 3.27. The standard InChI is InChI=1S/C20H21FN2O2/c21-19-4-2-1-3-16(19)17-13-18(17)20(24)22-14-5-7-15(8-6-14)23-9-11-25-12-10-23/h1-8,17-18H,9-13H2,(H,22,24). The fraction of sp³-hybridized carbons (Fsp3) is 0.350. The molecule has 5 heteroatoms. The first-order valence-electron chi connectivity index (χ1n) is 8.70. The molecule has 0 bridgehead atoms. The van der Waals surface area contributed by atoms with Gasteiger partial charge in [-0.2, -0.15) is 0 Å². The van der Waals surface area contributed by atoms with Gasteiger partial charge in [0.05, 0.1) is 13.2 Å². The number of halogens is 1. The molecular formula is C20H21FN2O2. The second kappa shape index (κ2) is 6.84. The molecule has 2 aliphatic rings. The van der Waals surface area contributed by atoms with Crippen molar-refractivity contribution in [3.8, 4) is 0 Å². The predicted octanol–water partition coefficient (Wildman–Crippen LogP) is 3.40. The van der Waals surface area contributed by atoms with Crippen molar-refractivity contribution >= 4 is 17.3 Å². The fourth-order valence-corrected chi connectivity index (χ4v) is 3.42. The lowest BCUT2D eigenvalue weighted by Crippen LogP contribution is -2.36. The molecule has 1 heterocycles. The summed E-state index contributed by atoms with van der Waals surface area (Å²) in [5.74, 6) is -0.408. The van der Waals surface area contributed by atoms with Crippen molar-refractivity contribution < 1.29 is 13.9 Å². The predicted molar refractivity (Wildman–Crippen MR) is 95.4 cm³/mol. The molecule has 0 aromatic heterocycles. The first-order valence-corrected chi connectivity index (χ1v) is 8.70. The van der Waals surface area contributed by atoms with Crippen LogP contribution in [0, 0.1) is 11.7 Å². The third-order valence-electron chi connectivity index (χ3n) is 4.94. The number of amides is 1. The molecule has 1 amide bonds. The van der Waals surface area contributed by atoms with Gasteiger partial charge in [0, 0.05) is 30.4 Å². The summed E-state index contributed by atoms with van der Waals surface area (Å²) in [5, 5.41) is 2.95. The number of carbonyl (C=O) groups is 1. The van der Waals surface area contributed by atoms with Crippen LogP contribution in [0.1, 0.15) is 17.9 Å². The van der Waals surface area contributed by atoms with Crippen molar-refractivity contribution in [2.24, 2.45) is 5.92 Å². The molecule has 1 saturated carbocycles. The number of rotatable bonds is 4. The monoisotopic (exact) mass is 340 g/mol. The minimum atomic E-state index is -0.224. The van der Waals surface area contributed by atoms with Crippen LogP contribution in [0.4, 0.5) is 15.8 Å². The number of hydrogen-bond donors (Lipinski definition) is 1. The van der Waals surface area contributed by atoms with Gasteiger partial charge in [0.15, 0.2) is 0 Å². The van der Waals surface area contributed by atoms with E-state index < -0.39 is 0 Å². The number of morpholine rings is 1. The van der Waals surface area contributed by atoms with E-state index in [1.54, 1.807) is 12.1 Å². The number of nitrogens with one attached hydrogen (secondary N) is 1. The van der Waals surface area contributed by atoms with E-state index in [1.165, 1.54) is 6.07 Å². The first kappa shape index (κ1) is 16.1. The van der Waals surface area contributed by atoms with E-state index in [4.69, 9.17) is 4.74 Å². The SMILES string of the molecule is O=C(Nc1ccc(N2CCOCC2)cc1)C1CC1c1ccccc1F. The van der Waals surface area contributed by atoms with Crippen LogP contribution in [0.25, 0.3) is 0 Å². The summed E-state index contributed by atoms with van der Waals surface area (Å²) in [5.41, 5.74) is 2.56. The lowest BCUT2D eigenvalue weighted by atomic mass is 10.1. The zero-order valence-corrected chi connectivity index (χ0v) is 14.0. The minimum Gasteiger partial charge on any atom is -0.378 e. The Morgan fingerprint density at radius 3 is 2.52 bits per heavy atom. The number of nitrogens with zero attached hydrogens (tertiary/aromatic N) is 1. The fourth-order valence-electron chi connectivity index (χ4n) is 3.42. The number of anilines is 2. The van der Waals surface area contributed by atoms with E-state index in [2.05, 4.69) is 10.2 Å². The van der Waals surface area contributed by atoms with Gasteiger partial charge in [0.25, 0.3) is 0 Å². The van der Waals surface area contributed by atoms with Gasteiger partial charge in [-0.3, -0.25) is 4.79 Å². The van der Waals surface area contributed by atoms with Crippen LogP contribution in [-0.2, 0) is 9.53 Å². The molecule has 4 nitrogen and oxygen atoms in total. The molecule has 1 saturated heterocycles. The third-order valence-corrected chi connectivity index (χ3v) is 4.94. The van der Waals surface area contributed by atoms with Crippen LogP contribution in [0.2, 0.25) is 0 Å². The molecule has 2 aromatic rings. The van der Waals surface area contributed by atoms with Gasteiger partial charge in [0.2, 0.25) is 5.91 Å². The van der Waals surface area contributed by atoms with Crippen LogP contribution in [0.3, 0.4) is 0 Å². The largest absolute Gasteiger partial charge is 0.378 e. The highest BCUT2D eigenvalue weighted by Crippen LogP contribution is 2.48. The van der Waals surface area contributed by atoms with Crippen molar-refractivity contribution in [1.82, 2.24) is 0 Å². The molecule has 2 fully saturated rings. The van der Waals surface area contributed by atoms with E-state index in [0.29, 0.717) is 12.0 Å². The lowest BCUT2D eigenvalue weighted by molar-refractivity contribution is -0.117. The van der Waals surface area contributed by atoms with E-state index in [0.717, 1.165) is 37.7 Å². The van der Waals surface area contributed by atoms with Crippen molar-refractivity contribution in [3.63, 3.8) is 0 Å². The third kappa shape index (κ3) is 3.51. The van der Waals surface area contributed by atoms with E-state index in [9.17, 15) is 9.18 Å². The van der Waals surface area contributed by atoms with Crippen molar-refractivity contribution in [2.75, 3.05) is 36.5 Å². The van der Waals surface area contributed by atoms with E-state index in [1.807, 2.05) is 30.3 Å². The molecule has 2 aromatic carbocycles. The zero-order chi connectivity index (χ0) is 17.2. The van der Waals surface area contributed by atoms with Crippen LogP contribution in [-0.4, -0.2) is 32.2 Å². The van der Waals surface area contributed by atoms with Crippen molar-refractivity contribution in [2.45, 2.75) is 12.3 Å². The second-order valence-corrected chi connectivity index (χ2v) is 6.61. The quantitative estimate of drug-likeness (QED) is 0.927. The summed E-state index contributed by atoms with van der Waals surface area (Å²) in [6.07, 6.45) is 0.707. The summed E-state index contributed by atoms with van der Waals surface area (Å²) in [7, 11) is 0. The molecule has 4 rings (SSSR count). The molecule has 2 atom stereocenters. The average Bonchev–Trinajstić information content (AvgIpc) is 3.44. The van der Waals surface area contributed by atoms with Crippen LogP contribution in [0.15, 0.2) is 48.5 Å². The van der Waals surface area contributed by atoms with E-state index >= 15 is 0 Å². The summed E-state index contributed by atoms with van der Waals surface area (Å²) >= 11 is 0. The summed E-state index contributed by atoms with van der Waals surface area (Å²) < 4.78 is 19.2. The highest BCUT2D eigenvalue weighted by molar-refractivity contribution is 5.95. The zero-order valence-electron chi connectivity index (χ0n) is 14.0. The lowest BCUT2D eigenvalue weighted by Gasteiger charge is -2.28. The van der Waals surface area contributed by atoms with E-state index in [-0.39, 0.29) is 23.6 Å². The molecule has 1 aliphatic heterocycles. The Kier molecular flexibility index (Phi) is 4.40. The molecule has 130 valence electrons. The highest BCUT2D eigenvalue weighted by Gasteiger charge is 2.45. The maximum atomic E-state index is 13.8. The number of carbonyl (C=O) groups excluding carboxylic acids is 1. The van der Waals surface area contributed by atoms with Crippen molar-refractivity contribution in [1.29, 1.82) is 0 Å². The van der Waals surface area contributed by atoms with Gasteiger partial charge in [-0.25, -0.2) is 4.39 Å². The highest BCUT2D eigenvalue weighted by atomic mass is 19.1. The smallest absolute Gasteiger partial charge is 0.228 e. The Bertz CT molecular complexity index is 757. The Morgan fingerprint density at radius 2 is 1.80 bits per heavy atom. The maximum absolute atomic E-state index is 13.8. The van der Waals surface area contributed by atoms with Crippen molar-refractivity contribution in [3.05, 3.63) is 59.9 Å². The second-order valence-electron chi connectivity index (χ2n) is 6.61. The van der Waals surface area contributed by atoms with Crippen LogP contribution in [0.5, 0.6) is 0 Å². The molecular weight excluding hydrogens is 319 g/mol. The van der Waals surface area contributed by atoms with Gasteiger partial charge >= 0.3 is 0 Å². The normalized spacial score (nSPS) is 22.5. The molecule has 1 aliphatic carbocycles. The first-order chi connectivity index (χ1) is 12.2. The average molecular weight is 340 g/mol. The van der Waals surface area contributed by atoms with Gasteiger partial charge in [-0.1, -0.05) is 18.2 Å². The van der Waals surface area contributed by atoms with Gasteiger partial charge in [0.1, 0.15) is 5.82 Å². The Morgan fingerprint density at radius 1 is 1.08 bits per heavy atom. The maximum Gasteiger partial charge on any atom is 0.228 e. The number of ether oxygens (including phenoxy) is 1. The molecule has 2 unspecified atom stereocenters. The van der Waals surface area contributed by atoms with Gasteiger partial charge < -0.3 is 15.0 Å². The van der Waals surface area contributed by atoms with Crippen LogP contribution >= 0.6 is 0 Å². The van der Waals surface area contributed by atoms with Gasteiger partial charge in [-0.15, -0.1) is 0 Å². The number of hydrogen-bond acceptors (Lipinski definition) is 3. The van der Waals surface area contributed by atoms with Gasteiger partial charge in [-0.05, 0) is 48.2 Å². The number of benzene rings is 2. The summed E-state index contributed by atoms with van der Waals surface area (Å²) in [6, 6.07) is 14.6. The summed E-state index contributed by atoms with van der Waals surface area (Å²) in [4.78, 5) is 14.7. The Balaban J connectivity index is 1.36. The molecule has 0 spiro atoms. The van der Waals surface area contributed by atoms with Crippen LogP contribution < -0.4 is 10.2 Å². The topological polar surface area (TPSA) is 41.6 Å². The molecule has 1 N–H and O–H groups in total. The molecule has 0 radical (unpaired) electrons. The molecule has 25 heavy (non-hydrogen) atoms.